The Morgan fingerprint density at radius 3 is 2.53 bits per heavy atom. The highest BCUT2D eigenvalue weighted by molar-refractivity contribution is 5.65. The highest BCUT2D eigenvalue weighted by Crippen LogP contribution is 2.39. The van der Waals surface area contributed by atoms with Crippen LogP contribution in [0.5, 0.6) is 5.75 Å². The van der Waals surface area contributed by atoms with Gasteiger partial charge in [0.25, 0.3) is 0 Å². The van der Waals surface area contributed by atoms with Gasteiger partial charge in [0, 0.05) is 31.3 Å². The maximum atomic E-state index is 13.1. The summed E-state index contributed by atoms with van der Waals surface area (Å²) in [5.41, 5.74) is 1.44. The highest BCUT2D eigenvalue weighted by atomic mass is 19.4. The number of anilines is 1. The Balaban J connectivity index is 1.29. The summed E-state index contributed by atoms with van der Waals surface area (Å²) in [4.78, 5) is 15.8. The normalized spacial score (nSPS) is 20.4. The van der Waals surface area contributed by atoms with Gasteiger partial charge in [0.05, 0.1) is 12.7 Å². The Morgan fingerprint density at radius 1 is 1.08 bits per heavy atom. The standard InChI is InChI=1S/C27H32F3N5O/c1-17(2)20-6-4-5-7-21(20)24-31-14-22-26(33-24)35(12-13-36-22)15-18-8-10-19(11-9-18)25-32-23(16-34(25)3)27(28,29)30/h4-7,14,16-19H,8-13,15H2,1-3H3. The first-order valence-electron chi connectivity index (χ1n) is 12.6. The van der Waals surface area contributed by atoms with Crippen LogP contribution in [0, 0.1) is 5.92 Å². The maximum Gasteiger partial charge on any atom is 0.434 e. The minimum atomic E-state index is -4.41. The quantitative estimate of drug-likeness (QED) is 0.419. The highest BCUT2D eigenvalue weighted by Gasteiger charge is 2.36. The van der Waals surface area contributed by atoms with E-state index >= 15 is 0 Å². The van der Waals surface area contributed by atoms with Crippen LogP contribution in [0.4, 0.5) is 19.0 Å². The van der Waals surface area contributed by atoms with E-state index < -0.39 is 11.9 Å². The molecule has 3 aromatic rings. The van der Waals surface area contributed by atoms with Crippen molar-refractivity contribution in [1.82, 2.24) is 19.5 Å². The van der Waals surface area contributed by atoms with E-state index in [1.54, 1.807) is 17.8 Å². The van der Waals surface area contributed by atoms with Crippen LogP contribution < -0.4 is 9.64 Å². The number of halogens is 3. The number of fused-ring (bicyclic) bond motifs is 1. The second kappa shape index (κ2) is 9.75. The fourth-order valence-corrected chi connectivity index (χ4v) is 5.48. The lowest BCUT2D eigenvalue weighted by atomic mass is 9.81. The lowest BCUT2D eigenvalue weighted by Gasteiger charge is -2.35. The molecule has 9 heteroatoms. The average molecular weight is 500 g/mol. The van der Waals surface area contributed by atoms with Crippen LogP contribution in [0.15, 0.2) is 36.7 Å². The molecular weight excluding hydrogens is 467 g/mol. The van der Waals surface area contributed by atoms with Crippen molar-refractivity contribution < 1.29 is 17.9 Å². The van der Waals surface area contributed by atoms with E-state index in [0.29, 0.717) is 35.8 Å². The predicted molar refractivity (Wildman–Crippen MR) is 132 cm³/mol. The molecule has 2 aliphatic rings. The number of ether oxygens (including phenoxy) is 1. The minimum absolute atomic E-state index is 0.0563. The van der Waals surface area contributed by atoms with E-state index in [2.05, 4.69) is 40.8 Å². The van der Waals surface area contributed by atoms with Crippen LogP contribution in [-0.4, -0.2) is 39.2 Å². The second-order valence-corrected chi connectivity index (χ2v) is 10.2. The molecule has 0 saturated heterocycles. The van der Waals surface area contributed by atoms with E-state index in [0.717, 1.165) is 56.4 Å². The molecule has 6 nitrogen and oxygen atoms in total. The van der Waals surface area contributed by atoms with E-state index in [4.69, 9.17) is 9.72 Å². The van der Waals surface area contributed by atoms with Gasteiger partial charge in [-0.2, -0.15) is 13.2 Å². The van der Waals surface area contributed by atoms with Crippen molar-refractivity contribution in [2.24, 2.45) is 13.0 Å². The summed E-state index contributed by atoms with van der Waals surface area (Å²) in [5.74, 6) is 3.62. The number of hydrogen-bond acceptors (Lipinski definition) is 5. The monoisotopic (exact) mass is 499 g/mol. The van der Waals surface area contributed by atoms with E-state index in [-0.39, 0.29) is 5.92 Å². The molecular formula is C27H32F3N5O. The number of rotatable bonds is 5. The number of benzene rings is 1. The largest absolute Gasteiger partial charge is 0.486 e. The molecule has 0 radical (unpaired) electrons. The van der Waals surface area contributed by atoms with Crippen molar-refractivity contribution in [3.05, 3.63) is 53.7 Å². The van der Waals surface area contributed by atoms with Gasteiger partial charge in [-0.3, -0.25) is 0 Å². The number of hydrogen-bond donors (Lipinski definition) is 0. The van der Waals surface area contributed by atoms with Crippen LogP contribution in [-0.2, 0) is 13.2 Å². The molecule has 1 saturated carbocycles. The Morgan fingerprint density at radius 2 is 1.83 bits per heavy atom. The Bertz CT molecular complexity index is 1210. The number of alkyl halides is 3. The molecule has 192 valence electrons. The molecule has 0 bridgehead atoms. The summed E-state index contributed by atoms with van der Waals surface area (Å²) in [6.07, 6.45) is 2.02. The minimum Gasteiger partial charge on any atom is -0.486 e. The number of aryl methyl sites for hydroxylation is 1. The zero-order valence-corrected chi connectivity index (χ0v) is 20.9. The van der Waals surface area contributed by atoms with Gasteiger partial charge in [-0.1, -0.05) is 38.1 Å². The zero-order valence-electron chi connectivity index (χ0n) is 20.9. The van der Waals surface area contributed by atoms with E-state index in [1.165, 1.54) is 5.56 Å². The molecule has 1 aliphatic carbocycles. The lowest BCUT2D eigenvalue weighted by Crippen LogP contribution is -2.38. The molecule has 0 amide bonds. The molecule has 2 aromatic heterocycles. The topological polar surface area (TPSA) is 56.1 Å². The van der Waals surface area contributed by atoms with E-state index in [9.17, 15) is 13.2 Å². The third-order valence-electron chi connectivity index (χ3n) is 7.37. The molecule has 1 aromatic carbocycles. The van der Waals surface area contributed by atoms with Crippen molar-refractivity contribution in [3.63, 3.8) is 0 Å². The number of aromatic nitrogens is 4. The first kappa shape index (κ1) is 24.6. The third kappa shape index (κ3) is 4.92. The van der Waals surface area contributed by atoms with Gasteiger partial charge in [-0.25, -0.2) is 15.0 Å². The summed E-state index contributed by atoms with van der Waals surface area (Å²) in [7, 11) is 1.66. The SMILES string of the molecule is CC(C)c1ccccc1-c1ncc2c(n1)N(CC1CCC(c3nc(C(F)(F)F)cn3C)CC1)CCO2. The first-order chi connectivity index (χ1) is 17.2. The van der Waals surface area contributed by atoms with Gasteiger partial charge in [-0.05, 0) is 43.1 Å². The molecule has 0 N–H and O–H groups in total. The van der Waals surface area contributed by atoms with Gasteiger partial charge in [0.2, 0.25) is 0 Å². The molecule has 1 aliphatic heterocycles. The molecule has 36 heavy (non-hydrogen) atoms. The molecule has 1 fully saturated rings. The fraction of sp³-hybridized carbons (Fsp3) is 0.519. The summed E-state index contributed by atoms with van der Waals surface area (Å²) < 4.78 is 46.7. The van der Waals surface area contributed by atoms with Crippen LogP contribution in [0.25, 0.3) is 11.4 Å². The molecule has 0 atom stereocenters. The predicted octanol–water partition coefficient (Wildman–Crippen LogP) is 6.19. The second-order valence-electron chi connectivity index (χ2n) is 10.2. The van der Waals surface area contributed by atoms with Gasteiger partial charge in [0.15, 0.2) is 23.1 Å². The van der Waals surface area contributed by atoms with Crippen molar-refractivity contribution >= 4 is 5.82 Å². The number of nitrogens with zero attached hydrogens (tertiary/aromatic N) is 5. The summed E-state index contributed by atoms with van der Waals surface area (Å²) in [6, 6.07) is 8.23. The number of imidazole rings is 1. The lowest BCUT2D eigenvalue weighted by molar-refractivity contribution is -0.141. The summed E-state index contributed by atoms with van der Waals surface area (Å²) in [6.45, 7) is 6.51. The van der Waals surface area contributed by atoms with Crippen molar-refractivity contribution in [2.45, 2.75) is 57.5 Å². The summed E-state index contributed by atoms with van der Waals surface area (Å²) >= 11 is 0. The van der Waals surface area contributed by atoms with Gasteiger partial charge >= 0.3 is 6.18 Å². The average Bonchev–Trinajstić information content (AvgIpc) is 3.26. The van der Waals surface area contributed by atoms with Crippen LogP contribution in [0.1, 0.15) is 68.4 Å². The molecule has 5 rings (SSSR count). The first-order valence-corrected chi connectivity index (χ1v) is 12.6. The smallest absolute Gasteiger partial charge is 0.434 e. The maximum absolute atomic E-state index is 13.1. The van der Waals surface area contributed by atoms with Gasteiger partial charge in [0.1, 0.15) is 12.4 Å². The van der Waals surface area contributed by atoms with Gasteiger partial charge in [-0.15, -0.1) is 0 Å². The van der Waals surface area contributed by atoms with Crippen molar-refractivity contribution in [2.75, 3.05) is 24.6 Å². The Kier molecular flexibility index (Phi) is 6.66. The third-order valence-corrected chi connectivity index (χ3v) is 7.37. The van der Waals surface area contributed by atoms with Gasteiger partial charge < -0.3 is 14.2 Å². The summed E-state index contributed by atoms with van der Waals surface area (Å²) in [5, 5.41) is 0. The van der Waals surface area contributed by atoms with Crippen molar-refractivity contribution in [3.8, 4) is 17.1 Å². The van der Waals surface area contributed by atoms with Crippen molar-refractivity contribution in [1.29, 1.82) is 0 Å². The Hall–Kier alpha value is -3.10. The van der Waals surface area contributed by atoms with E-state index in [1.807, 2.05) is 12.1 Å². The van der Waals surface area contributed by atoms with Crippen LogP contribution in [0.2, 0.25) is 0 Å². The Labute approximate surface area is 209 Å². The van der Waals surface area contributed by atoms with Crippen LogP contribution >= 0.6 is 0 Å². The molecule has 3 heterocycles. The fourth-order valence-electron chi connectivity index (χ4n) is 5.48. The van der Waals surface area contributed by atoms with Crippen LogP contribution in [0.3, 0.4) is 0 Å². The zero-order chi connectivity index (χ0) is 25.4. The molecule has 0 spiro atoms. The molecule has 0 unspecified atom stereocenters.